The van der Waals surface area contributed by atoms with E-state index in [4.69, 9.17) is 11.6 Å². The van der Waals surface area contributed by atoms with Crippen molar-refractivity contribution in [2.24, 2.45) is 0 Å². The van der Waals surface area contributed by atoms with Gasteiger partial charge in [-0.1, -0.05) is 53.2 Å². The summed E-state index contributed by atoms with van der Waals surface area (Å²) < 4.78 is 1.84. The van der Waals surface area contributed by atoms with Crippen molar-refractivity contribution in [2.45, 2.75) is 38.5 Å². The van der Waals surface area contributed by atoms with Crippen molar-refractivity contribution in [3.63, 3.8) is 0 Å². The van der Waals surface area contributed by atoms with Gasteiger partial charge < -0.3 is 15.2 Å². The lowest BCUT2D eigenvalue weighted by molar-refractivity contribution is -0.113. The summed E-state index contributed by atoms with van der Waals surface area (Å²) in [6, 6.07) is 12.4. The van der Waals surface area contributed by atoms with Gasteiger partial charge in [-0.2, -0.15) is 0 Å². The number of rotatable bonds is 9. The van der Waals surface area contributed by atoms with Gasteiger partial charge in [-0.3, -0.25) is 9.59 Å². The Morgan fingerprint density at radius 2 is 2.00 bits per heavy atom. The van der Waals surface area contributed by atoms with Crippen LogP contribution in [0.25, 0.3) is 0 Å². The van der Waals surface area contributed by atoms with Crippen molar-refractivity contribution < 1.29 is 9.59 Å². The fraction of sp³-hybridized carbons (Fsp3) is 0.250. The molecule has 0 aliphatic carbocycles. The van der Waals surface area contributed by atoms with Crippen LogP contribution in [0.2, 0.25) is 5.02 Å². The lowest BCUT2D eigenvalue weighted by Crippen LogP contribution is -2.28. The van der Waals surface area contributed by atoms with E-state index in [0.29, 0.717) is 33.8 Å². The van der Waals surface area contributed by atoms with Crippen molar-refractivity contribution >= 4 is 40.9 Å². The molecule has 7 nitrogen and oxygen atoms in total. The van der Waals surface area contributed by atoms with Gasteiger partial charge in [0.05, 0.1) is 11.8 Å². The Morgan fingerprint density at radius 1 is 1.21 bits per heavy atom. The summed E-state index contributed by atoms with van der Waals surface area (Å²) in [4.78, 5) is 25.0. The quantitative estimate of drug-likeness (QED) is 0.332. The molecule has 0 unspecified atom stereocenters. The first-order valence-electron chi connectivity index (χ1n) is 10.4. The minimum atomic E-state index is -0.386. The van der Waals surface area contributed by atoms with Gasteiger partial charge in [0.2, 0.25) is 5.91 Å². The van der Waals surface area contributed by atoms with Gasteiger partial charge in [-0.25, -0.2) is 0 Å². The van der Waals surface area contributed by atoms with E-state index >= 15 is 0 Å². The SMILES string of the molecule is C=CCn1c(SCC(=O)Nc2ccc(C)c(Cl)c2)nnc1[C@H](C)NC(=O)c1cccc(C)c1. The number of hydrogen-bond acceptors (Lipinski definition) is 5. The zero-order valence-corrected chi connectivity index (χ0v) is 20.3. The summed E-state index contributed by atoms with van der Waals surface area (Å²) in [5, 5.41) is 15.4. The van der Waals surface area contributed by atoms with E-state index < -0.39 is 0 Å². The van der Waals surface area contributed by atoms with E-state index in [1.54, 1.807) is 24.3 Å². The van der Waals surface area contributed by atoms with Crippen molar-refractivity contribution in [1.82, 2.24) is 20.1 Å². The molecule has 33 heavy (non-hydrogen) atoms. The van der Waals surface area contributed by atoms with Crippen LogP contribution < -0.4 is 10.6 Å². The lowest BCUT2D eigenvalue weighted by atomic mass is 10.1. The van der Waals surface area contributed by atoms with Crippen molar-refractivity contribution in [3.05, 3.63) is 82.7 Å². The van der Waals surface area contributed by atoms with Crippen molar-refractivity contribution in [2.75, 3.05) is 11.1 Å². The van der Waals surface area contributed by atoms with Crippen LogP contribution in [-0.2, 0) is 11.3 Å². The standard InChI is InChI=1S/C24H26ClN5O2S/c1-5-11-30-22(17(4)26-23(32)18-8-6-7-15(2)12-18)28-29-24(30)33-14-21(31)27-19-10-9-16(3)20(25)13-19/h5-10,12-13,17H,1,11,14H2,2-4H3,(H,26,32)(H,27,31)/t17-/m0/s1. The maximum Gasteiger partial charge on any atom is 0.251 e. The third-order valence-electron chi connectivity index (χ3n) is 4.86. The monoisotopic (exact) mass is 483 g/mol. The minimum absolute atomic E-state index is 0.144. The zero-order chi connectivity index (χ0) is 24.0. The number of carbonyl (C=O) groups excluding carboxylic acids is 2. The number of benzene rings is 2. The van der Waals surface area contributed by atoms with Crippen LogP contribution in [-0.4, -0.2) is 32.3 Å². The number of anilines is 1. The Labute approximate surface area is 202 Å². The average Bonchev–Trinajstić information content (AvgIpc) is 3.18. The lowest BCUT2D eigenvalue weighted by Gasteiger charge is -2.15. The molecule has 1 atom stereocenters. The smallest absolute Gasteiger partial charge is 0.251 e. The minimum Gasteiger partial charge on any atom is -0.342 e. The largest absolute Gasteiger partial charge is 0.342 e. The summed E-state index contributed by atoms with van der Waals surface area (Å²) in [7, 11) is 0. The molecule has 3 aromatic rings. The number of nitrogens with zero attached hydrogens (tertiary/aromatic N) is 3. The Morgan fingerprint density at radius 3 is 2.70 bits per heavy atom. The molecule has 1 heterocycles. The summed E-state index contributed by atoms with van der Waals surface area (Å²) in [6.45, 7) is 9.93. The highest BCUT2D eigenvalue weighted by Crippen LogP contribution is 2.23. The Kier molecular flexibility index (Phi) is 8.30. The summed E-state index contributed by atoms with van der Waals surface area (Å²) in [5.41, 5.74) is 3.17. The molecule has 0 spiro atoms. The maximum absolute atomic E-state index is 12.6. The van der Waals surface area contributed by atoms with Crippen LogP contribution in [0.5, 0.6) is 0 Å². The van der Waals surface area contributed by atoms with Gasteiger partial charge in [-0.15, -0.1) is 16.8 Å². The van der Waals surface area contributed by atoms with Crippen LogP contribution in [0.1, 0.15) is 40.3 Å². The number of thioether (sulfide) groups is 1. The summed E-state index contributed by atoms with van der Waals surface area (Å²) in [6.07, 6.45) is 1.72. The molecule has 2 N–H and O–H groups in total. The van der Waals surface area contributed by atoms with Crippen molar-refractivity contribution in [1.29, 1.82) is 0 Å². The highest BCUT2D eigenvalue weighted by Gasteiger charge is 2.20. The molecular weight excluding hydrogens is 458 g/mol. The van der Waals surface area contributed by atoms with Crippen molar-refractivity contribution in [3.8, 4) is 0 Å². The molecule has 0 saturated heterocycles. The molecule has 0 radical (unpaired) electrons. The van der Waals surface area contributed by atoms with Crippen LogP contribution in [0, 0.1) is 13.8 Å². The van der Waals surface area contributed by atoms with E-state index in [1.807, 2.05) is 49.6 Å². The second-order valence-corrected chi connectivity index (χ2v) is 8.96. The van der Waals surface area contributed by atoms with E-state index in [2.05, 4.69) is 27.4 Å². The normalized spacial score (nSPS) is 11.6. The number of halogens is 1. The molecule has 0 aliphatic rings. The predicted molar refractivity (Wildman–Crippen MR) is 133 cm³/mol. The van der Waals surface area contributed by atoms with Crippen LogP contribution in [0.4, 0.5) is 5.69 Å². The summed E-state index contributed by atoms with van der Waals surface area (Å²) in [5.74, 6) is 0.356. The molecule has 2 amide bonds. The number of amides is 2. The first kappa shape index (κ1) is 24.5. The number of aryl methyl sites for hydroxylation is 2. The molecule has 9 heteroatoms. The molecule has 0 aliphatic heterocycles. The molecule has 2 aromatic carbocycles. The van der Waals surface area contributed by atoms with Gasteiger partial charge in [-0.05, 0) is 50.6 Å². The maximum atomic E-state index is 12.6. The van der Waals surface area contributed by atoms with Crippen LogP contribution in [0.15, 0.2) is 60.3 Å². The highest BCUT2D eigenvalue weighted by molar-refractivity contribution is 7.99. The third kappa shape index (κ3) is 6.46. The topological polar surface area (TPSA) is 88.9 Å². The van der Waals surface area contributed by atoms with E-state index in [-0.39, 0.29) is 23.6 Å². The van der Waals surface area contributed by atoms with Gasteiger partial charge in [0.1, 0.15) is 0 Å². The van der Waals surface area contributed by atoms with Gasteiger partial charge in [0.25, 0.3) is 5.91 Å². The molecule has 0 fully saturated rings. The Balaban J connectivity index is 1.66. The average molecular weight is 484 g/mol. The Hall–Kier alpha value is -3.10. The van der Waals surface area contributed by atoms with E-state index in [9.17, 15) is 9.59 Å². The van der Waals surface area contributed by atoms with Crippen LogP contribution >= 0.6 is 23.4 Å². The first-order chi connectivity index (χ1) is 15.8. The number of hydrogen-bond donors (Lipinski definition) is 2. The van der Waals surface area contributed by atoms with Gasteiger partial charge >= 0.3 is 0 Å². The predicted octanol–water partition coefficient (Wildman–Crippen LogP) is 4.96. The second-order valence-electron chi connectivity index (χ2n) is 7.61. The number of nitrogens with one attached hydrogen (secondary N) is 2. The Bertz CT molecular complexity index is 1180. The van der Waals surface area contributed by atoms with E-state index in [0.717, 1.165) is 11.1 Å². The number of aromatic nitrogens is 3. The zero-order valence-electron chi connectivity index (χ0n) is 18.8. The highest BCUT2D eigenvalue weighted by atomic mass is 35.5. The van der Waals surface area contributed by atoms with E-state index in [1.165, 1.54) is 11.8 Å². The number of allylic oxidation sites excluding steroid dienone is 1. The van der Waals surface area contributed by atoms with Gasteiger partial charge in [0, 0.05) is 22.8 Å². The fourth-order valence-electron chi connectivity index (χ4n) is 3.16. The molecule has 0 saturated carbocycles. The third-order valence-corrected chi connectivity index (χ3v) is 6.23. The fourth-order valence-corrected chi connectivity index (χ4v) is 4.09. The first-order valence-corrected chi connectivity index (χ1v) is 11.7. The molecule has 1 aromatic heterocycles. The molecular formula is C24H26ClN5O2S. The van der Waals surface area contributed by atoms with Gasteiger partial charge in [0.15, 0.2) is 11.0 Å². The second kappa shape index (κ2) is 11.2. The number of carbonyl (C=O) groups is 2. The molecule has 3 rings (SSSR count). The van der Waals surface area contributed by atoms with Crippen LogP contribution in [0.3, 0.4) is 0 Å². The summed E-state index contributed by atoms with van der Waals surface area (Å²) >= 11 is 7.38. The molecule has 0 bridgehead atoms. The molecule has 172 valence electrons.